The Hall–Kier alpha value is -1.20. The maximum Gasteiger partial charge on any atom is 0.270 e. The summed E-state index contributed by atoms with van der Waals surface area (Å²) in [5.74, 6) is -0.190. The van der Waals surface area contributed by atoms with Crippen molar-refractivity contribution in [1.82, 2.24) is 15.2 Å². The quantitative estimate of drug-likeness (QED) is 0.909. The molecule has 3 aliphatic heterocycles. The molecular weight excluding hydrogens is 281 g/mol. The molecule has 0 aliphatic carbocycles. The highest BCUT2D eigenvalue weighted by Gasteiger charge is 2.30. The first-order valence-corrected chi connectivity index (χ1v) is 7.34. The van der Waals surface area contributed by atoms with E-state index in [9.17, 15) is 9.18 Å². The van der Waals surface area contributed by atoms with E-state index in [0.29, 0.717) is 5.92 Å². The third-order valence-electron chi connectivity index (χ3n) is 4.18. The second-order valence-corrected chi connectivity index (χ2v) is 6.04. The van der Waals surface area contributed by atoms with Crippen LogP contribution in [-0.2, 0) is 0 Å². The first-order chi connectivity index (χ1) is 9.61. The lowest BCUT2D eigenvalue weighted by atomic mass is 9.94. The molecule has 4 heterocycles. The molecule has 1 aromatic heterocycles. The lowest BCUT2D eigenvalue weighted by Gasteiger charge is -2.26. The number of piperidine rings is 1. The number of nitrogens with one attached hydrogen (secondary N) is 1. The standard InChI is InChI=1S/C14H17ClFN3O/c15-11-6-13(17-7-12(11)16)14(20)18-10-5-9-1-3-19(8-10)4-2-9/h6-7,9-10H,1-5,8H2,(H,18,20)/t10-/m1/s1. The third-order valence-corrected chi connectivity index (χ3v) is 4.47. The first kappa shape index (κ1) is 13.8. The molecule has 4 nitrogen and oxygen atoms in total. The molecule has 0 saturated carbocycles. The molecule has 20 heavy (non-hydrogen) atoms. The number of amides is 1. The Morgan fingerprint density at radius 2 is 2.20 bits per heavy atom. The molecule has 108 valence electrons. The summed E-state index contributed by atoms with van der Waals surface area (Å²) in [6, 6.07) is 1.42. The number of hydrogen-bond acceptors (Lipinski definition) is 3. The number of fused-ring (bicyclic) bond motifs is 4. The summed E-state index contributed by atoms with van der Waals surface area (Å²) >= 11 is 5.68. The molecule has 3 aliphatic rings. The lowest BCUT2D eigenvalue weighted by molar-refractivity contribution is 0.0923. The fourth-order valence-corrected chi connectivity index (χ4v) is 3.25. The van der Waals surface area contributed by atoms with Gasteiger partial charge in [-0.05, 0) is 44.3 Å². The van der Waals surface area contributed by atoms with Crippen molar-refractivity contribution in [3.63, 3.8) is 0 Å². The molecule has 3 fully saturated rings. The van der Waals surface area contributed by atoms with E-state index in [1.165, 1.54) is 18.9 Å². The number of halogens is 2. The molecule has 1 N–H and O–H groups in total. The molecule has 0 unspecified atom stereocenters. The Morgan fingerprint density at radius 3 is 2.90 bits per heavy atom. The van der Waals surface area contributed by atoms with Gasteiger partial charge in [-0.2, -0.15) is 0 Å². The van der Waals surface area contributed by atoms with Gasteiger partial charge >= 0.3 is 0 Å². The predicted octanol–water partition coefficient (Wildman–Crippen LogP) is 2.09. The van der Waals surface area contributed by atoms with Gasteiger partial charge in [-0.15, -0.1) is 0 Å². The van der Waals surface area contributed by atoms with Crippen LogP contribution < -0.4 is 5.32 Å². The minimum atomic E-state index is -0.609. The van der Waals surface area contributed by atoms with Crippen molar-refractivity contribution in [2.24, 2.45) is 5.92 Å². The molecule has 6 heteroatoms. The zero-order chi connectivity index (χ0) is 14.1. The molecule has 4 rings (SSSR count). The van der Waals surface area contributed by atoms with Crippen molar-refractivity contribution >= 4 is 17.5 Å². The first-order valence-electron chi connectivity index (χ1n) is 6.96. The summed E-state index contributed by atoms with van der Waals surface area (Å²) in [4.78, 5) is 18.3. The molecule has 2 bridgehead atoms. The highest BCUT2D eigenvalue weighted by molar-refractivity contribution is 6.31. The van der Waals surface area contributed by atoms with E-state index in [4.69, 9.17) is 11.6 Å². The van der Waals surface area contributed by atoms with Gasteiger partial charge in [0.05, 0.1) is 11.2 Å². The van der Waals surface area contributed by atoms with Crippen LogP contribution in [0, 0.1) is 11.7 Å². The number of aromatic nitrogens is 1. The highest BCUT2D eigenvalue weighted by atomic mass is 35.5. The van der Waals surface area contributed by atoms with Gasteiger partial charge in [0.25, 0.3) is 5.91 Å². The van der Waals surface area contributed by atoms with Crippen LogP contribution in [0.15, 0.2) is 12.3 Å². The van der Waals surface area contributed by atoms with Crippen LogP contribution in [-0.4, -0.2) is 41.5 Å². The van der Waals surface area contributed by atoms with Crippen molar-refractivity contribution < 1.29 is 9.18 Å². The number of nitrogens with zero attached hydrogens (tertiary/aromatic N) is 2. The van der Waals surface area contributed by atoms with Crippen LogP contribution in [0.5, 0.6) is 0 Å². The Kier molecular flexibility index (Phi) is 3.89. The second kappa shape index (κ2) is 5.66. The monoisotopic (exact) mass is 297 g/mol. The molecule has 1 aromatic rings. The van der Waals surface area contributed by atoms with Crippen molar-refractivity contribution in [2.75, 3.05) is 19.6 Å². The van der Waals surface area contributed by atoms with E-state index in [1.807, 2.05) is 0 Å². The minimum absolute atomic E-state index is 0.0742. The summed E-state index contributed by atoms with van der Waals surface area (Å²) in [5, 5.41) is 2.92. The number of hydrogen-bond donors (Lipinski definition) is 1. The largest absolute Gasteiger partial charge is 0.347 e. The van der Waals surface area contributed by atoms with Crippen LogP contribution in [0.1, 0.15) is 29.8 Å². The van der Waals surface area contributed by atoms with Crippen LogP contribution >= 0.6 is 11.6 Å². The lowest BCUT2D eigenvalue weighted by Crippen LogP contribution is -2.42. The van der Waals surface area contributed by atoms with Crippen molar-refractivity contribution in [3.8, 4) is 0 Å². The summed E-state index contributed by atoms with van der Waals surface area (Å²) in [7, 11) is 0. The van der Waals surface area contributed by atoms with Gasteiger partial charge in [0.15, 0.2) is 5.82 Å². The second-order valence-electron chi connectivity index (χ2n) is 5.63. The Bertz CT molecular complexity index is 503. The molecule has 0 aromatic carbocycles. The van der Waals surface area contributed by atoms with Crippen LogP contribution in [0.2, 0.25) is 5.02 Å². The average Bonchev–Trinajstić information content (AvgIpc) is 2.74. The molecule has 0 radical (unpaired) electrons. The van der Waals surface area contributed by atoms with Gasteiger partial charge < -0.3 is 10.2 Å². The van der Waals surface area contributed by atoms with Gasteiger partial charge in [0.2, 0.25) is 0 Å². The molecule has 3 saturated heterocycles. The van der Waals surface area contributed by atoms with Crippen LogP contribution in [0.25, 0.3) is 0 Å². The maximum absolute atomic E-state index is 13.1. The number of pyridine rings is 1. The summed E-state index contributed by atoms with van der Waals surface area (Å²) in [6.45, 7) is 3.13. The summed E-state index contributed by atoms with van der Waals surface area (Å²) < 4.78 is 13.1. The van der Waals surface area contributed by atoms with E-state index in [0.717, 1.165) is 32.3 Å². The average molecular weight is 298 g/mol. The SMILES string of the molecule is O=C(N[C@@H]1CC2CCN(CC2)C1)c1cc(Cl)c(F)cn1. The van der Waals surface area contributed by atoms with E-state index < -0.39 is 5.82 Å². The number of carbonyl (C=O) groups is 1. The maximum atomic E-state index is 13.1. The van der Waals surface area contributed by atoms with E-state index in [2.05, 4.69) is 15.2 Å². The molecule has 0 spiro atoms. The highest BCUT2D eigenvalue weighted by Crippen LogP contribution is 2.26. The van der Waals surface area contributed by atoms with Crippen molar-refractivity contribution in [3.05, 3.63) is 28.8 Å². The molecule has 1 amide bonds. The molecular formula is C14H17ClFN3O. The van der Waals surface area contributed by atoms with Crippen LogP contribution in [0.3, 0.4) is 0 Å². The van der Waals surface area contributed by atoms with Crippen molar-refractivity contribution in [1.29, 1.82) is 0 Å². The van der Waals surface area contributed by atoms with Gasteiger partial charge in [-0.1, -0.05) is 11.6 Å². The van der Waals surface area contributed by atoms with Crippen LogP contribution in [0.4, 0.5) is 4.39 Å². The Labute approximate surface area is 122 Å². The fraction of sp³-hybridized carbons (Fsp3) is 0.571. The smallest absolute Gasteiger partial charge is 0.270 e. The number of carbonyl (C=O) groups excluding carboxylic acids is 1. The topological polar surface area (TPSA) is 45.2 Å². The van der Waals surface area contributed by atoms with E-state index in [1.54, 1.807) is 0 Å². The minimum Gasteiger partial charge on any atom is -0.347 e. The van der Waals surface area contributed by atoms with E-state index >= 15 is 0 Å². The summed E-state index contributed by atoms with van der Waals surface area (Å²) in [6.07, 6.45) is 4.43. The summed E-state index contributed by atoms with van der Waals surface area (Å²) in [5.41, 5.74) is 0.169. The Morgan fingerprint density at radius 1 is 1.45 bits per heavy atom. The third kappa shape index (κ3) is 2.94. The van der Waals surface area contributed by atoms with Crippen molar-refractivity contribution in [2.45, 2.75) is 25.3 Å². The fourth-order valence-electron chi connectivity index (χ4n) is 3.10. The Balaban J connectivity index is 1.67. The van der Waals surface area contributed by atoms with Gasteiger partial charge in [0.1, 0.15) is 5.69 Å². The van der Waals surface area contributed by atoms with E-state index in [-0.39, 0.29) is 22.7 Å². The van der Waals surface area contributed by atoms with Gasteiger partial charge in [-0.25, -0.2) is 9.37 Å². The normalized spacial score (nSPS) is 29.0. The molecule has 1 atom stereocenters. The zero-order valence-corrected chi connectivity index (χ0v) is 11.9. The zero-order valence-electron chi connectivity index (χ0n) is 11.1. The van der Waals surface area contributed by atoms with Gasteiger partial charge in [0, 0.05) is 12.6 Å². The predicted molar refractivity (Wildman–Crippen MR) is 74.2 cm³/mol. The number of rotatable bonds is 2. The van der Waals surface area contributed by atoms with Gasteiger partial charge in [-0.3, -0.25) is 4.79 Å².